The third-order valence-electron chi connectivity index (χ3n) is 6.70. The van der Waals surface area contributed by atoms with Crippen LogP contribution in [0.25, 0.3) is 10.2 Å². The molecule has 10 heteroatoms. The van der Waals surface area contributed by atoms with Crippen molar-refractivity contribution < 1.29 is 13.2 Å². The Morgan fingerprint density at radius 1 is 0.947 bits per heavy atom. The highest BCUT2D eigenvalue weighted by molar-refractivity contribution is 7.92. The van der Waals surface area contributed by atoms with E-state index in [0.29, 0.717) is 12.1 Å². The van der Waals surface area contributed by atoms with Crippen LogP contribution in [0.4, 0.5) is 10.8 Å². The highest BCUT2D eigenvalue weighted by Gasteiger charge is 2.21. The first-order chi connectivity index (χ1) is 18.4. The lowest BCUT2D eigenvalue weighted by Gasteiger charge is -2.34. The molecule has 0 saturated carbocycles. The Balaban J connectivity index is 1.14. The fourth-order valence-corrected chi connectivity index (χ4v) is 6.74. The van der Waals surface area contributed by atoms with E-state index >= 15 is 0 Å². The van der Waals surface area contributed by atoms with Crippen molar-refractivity contribution in [1.82, 2.24) is 15.2 Å². The van der Waals surface area contributed by atoms with Crippen LogP contribution >= 0.6 is 11.3 Å². The smallest absolute Gasteiger partial charge is 0.261 e. The number of benzene rings is 3. The number of rotatable bonds is 9. The van der Waals surface area contributed by atoms with E-state index in [-0.39, 0.29) is 16.5 Å². The summed E-state index contributed by atoms with van der Waals surface area (Å²) in [6, 6.07) is 21.1. The van der Waals surface area contributed by atoms with Crippen molar-refractivity contribution in [3.8, 4) is 0 Å². The van der Waals surface area contributed by atoms with E-state index in [1.165, 1.54) is 22.4 Å². The lowest BCUT2D eigenvalue weighted by atomic mass is 10.1. The van der Waals surface area contributed by atoms with E-state index in [0.717, 1.165) is 49.8 Å². The molecule has 1 aliphatic heterocycles. The van der Waals surface area contributed by atoms with Crippen LogP contribution < -0.4 is 14.9 Å². The second kappa shape index (κ2) is 11.5. The highest BCUT2D eigenvalue weighted by Crippen LogP contribution is 2.31. The van der Waals surface area contributed by atoms with Gasteiger partial charge in [0.2, 0.25) is 0 Å². The normalized spacial score (nSPS) is 14.5. The minimum absolute atomic E-state index is 0.144. The molecule has 1 fully saturated rings. The average molecular weight is 550 g/mol. The van der Waals surface area contributed by atoms with Gasteiger partial charge in [0.25, 0.3) is 15.9 Å². The van der Waals surface area contributed by atoms with Crippen LogP contribution in [0.2, 0.25) is 0 Å². The second-order valence-electron chi connectivity index (χ2n) is 9.16. The molecule has 3 aromatic carbocycles. The number of hydrogen-bond acceptors (Lipinski definition) is 7. The number of aryl methyl sites for hydroxylation is 1. The van der Waals surface area contributed by atoms with Gasteiger partial charge in [0, 0.05) is 39.3 Å². The number of carbonyl (C=O) groups is 1. The van der Waals surface area contributed by atoms with Gasteiger partial charge in [-0.1, -0.05) is 60.7 Å². The van der Waals surface area contributed by atoms with Gasteiger partial charge in [-0.15, -0.1) is 0 Å². The maximum Gasteiger partial charge on any atom is 0.261 e. The number of aromatic nitrogens is 1. The van der Waals surface area contributed by atoms with Gasteiger partial charge in [0.15, 0.2) is 5.13 Å². The Bertz CT molecular complexity index is 1510. The molecular formula is C28H31N5O3S2. The standard InChI is InChI=1S/C28H31N5O3S2/c1-2-21-9-8-14-25-26(21)30-28(37-25)33-19-17-32(18-20-33)16-15-29-27(34)23-12-6-7-13-24(23)31-38(35,36)22-10-4-3-5-11-22/h3-14,31H,2,15-20H2,1H3,(H,29,34). The summed E-state index contributed by atoms with van der Waals surface area (Å²) < 4.78 is 29.3. The molecule has 0 unspecified atom stereocenters. The number of thiazole rings is 1. The highest BCUT2D eigenvalue weighted by atomic mass is 32.2. The summed E-state index contributed by atoms with van der Waals surface area (Å²) in [4.78, 5) is 22.7. The van der Waals surface area contributed by atoms with Gasteiger partial charge in [-0.05, 0) is 42.3 Å². The topological polar surface area (TPSA) is 94.6 Å². The molecule has 0 atom stereocenters. The van der Waals surface area contributed by atoms with Crippen molar-refractivity contribution in [1.29, 1.82) is 0 Å². The molecule has 0 radical (unpaired) electrons. The third kappa shape index (κ3) is 5.82. The van der Waals surface area contributed by atoms with Crippen LogP contribution in [0.3, 0.4) is 0 Å². The minimum atomic E-state index is -3.80. The maximum absolute atomic E-state index is 12.9. The van der Waals surface area contributed by atoms with Gasteiger partial charge in [-0.2, -0.15) is 0 Å². The van der Waals surface area contributed by atoms with Crippen LogP contribution in [-0.2, 0) is 16.4 Å². The number of nitrogens with zero attached hydrogens (tertiary/aromatic N) is 3. The van der Waals surface area contributed by atoms with Gasteiger partial charge in [0.05, 0.1) is 26.4 Å². The monoisotopic (exact) mass is 549 g/mol. The van der Waals surface area contributed by atoms with E-state index in [9.17, 15) is 13.2 Å². The largest absolute Gasteiger partial charge is 0.351 e. The number of anilines is 2. The first kappa shape index (κ1) is 26.1. The van der Waals surface area contributed by atoms with Crippen molar-refractivity contribution in [2.24, 2.45) is 0 Å². The molecule has 2 heterocycles. The Hall–Kier alpha value is -3.47. The van der Waals surface area contributed by atoms with Crippen LogP contribution in [-0.4, -0.2) is 63.5 Å². The van der Waals surface area contributed by atoms with E-state index in [1.54, 1.807) is 53.8 Å². The van der Waals surface area contributed by atoms with Gasteiger partial charge in [0.1, 0.15) is 0 Å². The molecule has 0 aliphatic carbocycles. The molecule has 4 aromatic rings. The molecule has 0 spiro atoms. The summed E-state index contributed by atoms with van der Waals surface area (Å²) in [5.41, 5.74) is 2.95. The first-order valence-corrected chi connectivity index (χ1v) is 15.1. The number of hydrogen-bond donors (Lipinski definition) is 2. The molecule has 1 aromatic heterocycles. The van der Waals surface area contributed by atoms with Gasteiger partial charge in [-0.3, -0.25) is 14.4 Å². The molecule has 1 amide bonds. The van der Waals surface area contributed by atoms with E-state index < -0.39 is 10.0 Å². The zero-order valence-electron chi connectivity index (χ0n) is 21.3. The first-order valence-electron chi connectivity index (χ1n) is 12.8. The maximum atomic E-state index is 12.9. The Morgan fingerprint density at radius 3 is 2.45 bits per heavy atom. The van der Waals surface area contributed by atoms with Crippen LogP contribution in [0.1, 0.15) is 22.8 Å². The van der Waals surface area contributed by atoms with Crippen LogP contribution in [0.5, 0.6) is 0 Å². The number of carbonyl (C=O) groups excluding carboxylic acids is 1. The number of nitrogens with one attached hydrogen (secondary N) is 2. The zero-order valence-corrected chi connectivity index (χ0v) is 22.9. The van der Waals surface area contributed by atoms with Crippen LogP contribution in [0.15, 0.2) is 77.7 Å². The summed E-state index contributed by atoms with van der Waals surface area (Å²) in [5.74, 6) is -0.309. The van der Waals surface area contributed by atoms with E-state index in [2.05, 4.69) is 45.0 Å². The Morgan fingerprint density at radius 2 is 1.68 bits per heavy atom. The van der Waals surface area contributed by atoms with E-state index in [4.69, 9.17) is 4.98 Å². The third-order valence-corrected chi connectivity index (χ3v) is 9.16. The fraction of sp³-hybridized carbons (Fsp3) is 0.286. The summed E-state index contributed by atoms with van der Waals surface area (Å²) in [5, 5.41) is 4.02. The van der Waals surface area contributed by atoms with Crippen molar-refractivity contribution >= 4 is 48.3 Å². The average Bonchev–Trinajstić information content (AvgIpc) is 3.39. The van der Waals surface area contributed by atoms with E-state index in [1.807, 2.05) is 0 Å². The van der Waals surface area contributed by atoms with Crippen molar-refractivity contribution in [3.05, 3.63) is 83.9 Å². The van der Waals surface area contributed by atoms with Gasteiger partial charge < -0.3 is 10.2 Å². The Labute approximate surface area is 227 Å². The summed E-state index contributed by atoms with van der Waals surface area (Å²) in [6.07, 6.45) is 0.976. The molecule has 5 rings (SSSR count). The summed E-state index contributed by atoms with van der Waals surface area (Å²) in [7, 11) is -3.80. The number of fused-ring (bicyclic) bond motifs is 1. The summed E-state index contributed by atoms with van der Waals surface area (Å²) >= 11 is 1.75. The number of piperazine rings is 1. The van der Waals surface area contributed by atoms with Crippen LogP contribution in [0, 0.1) is 0 Å². The SMILES string of the molecule is CCc1cccc2sc(N3CCN(CCNC(=O)c4ccccc4NS(=O)(=O)c4ccccc4)CC3)nc12. The van der Waals surface area contributed by atoms with Crippen molar-refractivity contribution in [2.75, 3.05) is 48.9 Å². The van der Waals surface area contributed by atoms with Gasteiger partial charge >= 0.3 is 0 Å². The number of sulfonamides is 1. The molecular weight excluding hydrogens is 518 g/mol. The Kier molecular flexibility index (Phi) is 7.92. The predicted octanol–water partition coefficient (Wildman–Crippen LogP) is 4.21. The summed E-state index contributed by atoms with van der Waals surface area (Å²) in [6.45, 7) is 6.91. The quantitative estimate of drug-likeness (QED) is 0.325. The lowest BCUT2D eigenvalue weighted by Crippen LogP contribution is -2.48. The molecule has 8 nitrogen and oxygen atoms in total. The zero-order chi connectivity index (χ0) is 26.5. The van der Waals surface area contributed by atoms with Gasteiger partial charge in [-0.25, -0.2) is 13.4 Å². The predicted molar refractivity (Wildman–Crippen MR) is 154 cm³/mol. The van der Waals surface area contributed by atoms with Crippen molar-refractivity contribution in [2.45, 2.75) is 18.2 Å². The fourth-order valence-electron chi connectivity index (χ4n) is 4.57. The molecule has 1 aliphatic rings. The second-order valence-corrected chi connectivity index (χ2v) is 11.9. The molecule has 2 N–H and O–H groups in total. The lowest BCUT2D eigenvalue weighted by molar-refractivity contribution is 0.0948. The minimum Gasteiger partial charge on any atom is -0.351 e. The number of amides is 1. The number of para-hydroxylation sites is 2. The molecule has 198 valence electrons. The molecule has 1 saturated heterocycles. The van der Waals surface area contributed by atoms with Crippen molar-refractivity contribution in [3.63, 3.8) is 0 Å². The molecule has 38 heavy (non-hydrogen) atoms. The molecule has 0 bridgehead atoms.